The first-order chi connectivity index (χ1) is 14.6. The lowest BCUT2D eigenvalue weighted by atomic mass is 9.82. The molecule has 0 radical (unpaired) electrons. The molecular formula is C25H29NO4. The second-order valence-electron chi connectivity index (χ2n) is 9.05. The van der Waals surface area contributed by atoms with E-state index in [1.165, 1.54) is 16.7 Å². The molecule has 0 bridgehead atoms. The number of ether oxygens (including phenoxy) is 3. The van der Waals surface area contributed by atoms with Gasteiger partial charge in [-0.1, -0.05) is 24.3 Å². The van der Waals surface area contributed by atoms with E-state index < -0.39 is 0 Å². The Balaban J connectivity index is 1.20. The number of benzene rings is 2. The number of alkyl carbamates (subject to hydrolysis) is 1. The zero-order chi connectivity index (χ0) is 20.6. The van der Waals surface area contributed by atoms with Gasteiger partial charge in [0.1, 0.15) is 18.1 Å². The number of carbonyl (C=O) groups excluding carboxylic acids is 1. The molecule has 2 aliphatic carbocycles. The first-order valence-corrected chi connectivity index (χ1v) is 11.0. The van der Waals surface area contributed by atoms with Crippen LogP contribution >= 0.6 is 0 Å². The van der Waals surface area contributed by atoms with E-state index in [9.17, 15) is 4.79 Å². The molecule has 2 aromatic carbocycles. The topological polar surface area (TPSA) is 56.8 Å². The molecule has 3 aliphatic rings. The number of aryl methyl sites for hydroxylation is 1. The minimum absolute atomic E-state index is 0.139. The molecule has 2 fully saturated rings. The number of methoxy groups -OCH3 is 1. The lowest BCUT2D eigenvalue weighted by Crippen LogP contribution is -2.40. The fraction of sp³-hybridized carbons (Fsp3) is 0.480. The summed E-state index contributed by atoms with van der Waals surface area (Å²) < 4.78 is 16.5. The highest BCUT2D eigenvalue weighted by Crippen LogP contribution is 2.43. The van der Waals surface area contributed by atoms with Crippen LogP contribution in [0.2, 0.25) is 0 Å². The third-order valence-corrected chi connectivity index (χ3v) is 7.01. The summed E-state index contributed by atoms with van der Waals surface area (Å²) in [7, 11) is 1.68. The van der Waals surface area contributed by atoms with E-state index in [2.05, 4.69) is 23.5 Å². The minimum atomic E-state index is -0.261. The van der Waals surface area contributed by atoms with Gasteiger partial charge in [-0.15, -0.1) is 0 Å². The first-order valence-electron chi connectivity index (χ1n) is 11.0. The van der Waals surface area contributed by atoms with Crippen LogP contribution in [0.25, 0.3) is 0 Å². The van der Waals surface area contributed by atoms with Crippen molar-refractivity contribution in [2.45, 2.75) is 50.0 Å². The molecule has 30 heavy (non-hydrogen) atoms. The van der Waals surface area contributed by atoms with E-state index in [1.807, 2.05) is 24.3 Å². The summed E-state index contributed by atoms with van der Waals surface area (Å²) in [6.07, 6.45) is 6.16. The molecule has 5 heteroatoms. The van der Waals surface area contributed by atoms with Crippen molar-refractivity contribution >= 4 is 6.09 Å². The van der Waals surface area contributed by atoms with Gasteiger partial charge in [0.2, 0.25) is 0 Å². The summed E-state index contributed by atoms with van der Waals surface area (Å²) in [5.74, 6) is 2.74. The molecule has 1 heterocycles. The molecule has 1 spiro atoms. The number of nitrogens with one attached hydrogen (secondary N) is 1. The average Bonchev–Trinajstić information content (AvgIpc) is 3.37. The van der Waals surface area contributed by atoms with Gasteiger partial charge in [0.15, 0.2) is 0 Å². The Morgan fingerprint density at radius 1 is 1.13 bits per heavy atom. The number of amides is 1. The summed E-state index contributed by atoms with van der Waals surface area (Å²) in [5, 5.41) is 3.05. The van der Waals surface area contributed by atoms with Gasteiger partial charge in [-0.25, -0.2) is 4.79 Å². The SMILES string of the molecule is COc1cccc(OC[C@@H]2CCc3cc([C@H]4CC[C@]5(COC(=O)N5)C4)ccc3C2)c1. The van der Waals surface area contributed by atoms with Crippen LogP contribution in [0.1, 0.15) is 48.3 Å². The molecular weight excluding hydrogens is 378 g/mol. The maximum atomic E-state index is 11.5. The minimum Gasteiger partial charge on any atom is -0.497 e. The molecule has 1 aliphatic heterocycles. The van der Waals surface area contributed by atoms with Crippen LogP contribution in [0, 0.1) is 5.92 Å². The van der Waals surface area contributed by atoms with Crippen LogP contribution < -0.4 is 14.8 Å². The highest BCUT2D eigenvalue weighted by molar-refractivity contribution is 5.70. The molecule has 1 amide bonds. The van der Waals surface area contributed by atoms with Gasteiger partial charge < -0.3 is 19.5 Å². The van der Waals surface area contributed by atoms with E-state index in [1.54, 1.807) is 7.11 Å². The van der Waals surface area contributed by atoms with Gasteiger partial charge in [0.05, 0.1) is 19.3 Å². The molecule has 3 atom stereocenters. The maximum Gasteiger partial charge on any atom is 0.407 e. The molecule has 1 N–H and O–H groups in total. The van der Waals surface area contributed by atoms with Gasteiger partial charge in [-0.2, -0.15) is 0 Å². The highest BCUT2D eigenvalue weighted by atomic mass is 16.6. The van der Waals surface area contributed by atoms with Gasteiger partial charge in [-0.05, 0) is 79.2 Å². The number of rotatable bonds is 5. The van der Waals surface area contributed by atoms with Crippen molar-refractivity contribution in [1.29, 1.82) is 0 Å². The van der Waals surface area contributed by atoms with E-state index in [4.69, 9.17) is 14.2 Å². The van der Waals surface area contributed by atoms with Crippen molar-refractivity contribution in [2.24, 2.45) is 5.92 Å². The fourth-order valence-corrected chi connectivity index (χ4v) is 5.30. The number of cyclic esters (lactones) is 1. The number of carbonyl (C=O) groups is 1. The van der Waals surface area contributed by atoms with Gasteiger partial charge in [0.25, 0.3) is 0 Å². The van der Waals surface area contributed by atoms with Crippen LogP contribution in [0.5, 0.6) is 11.5 Å². The number of fused-ring (bicyclic) bond motifs is 1. The quantitative estimate of drug-likeness (QED) is 0.785. The zero-order valence-electron chi connectivity index (χ0n) is 17.5. The third-order valence-electron chi connectivity index (χ3n) is 7.01. The van der Waals surface area contributed by atoms with Crippen molar-refractivity contribution < 1.29 is 19.0 Å². The zero-order valence-corrected chi connectivity index (χ0v) is 17.5. The van der Waals surface area contributed by atoms with E-state index in [0.717, 1.165) is 56.6 Å². The second kappa shape index (κ2) is 7.86. The standard InChI is InChI=1S/C25H29NO4/c1-28-22-3-2-4-23(13-22)29-15-17-5-6-19-12-20(8-7-18(19)11-17)21-9-10-25(14-21)16-30-24(27)26-25/h2-4,7-8,12-13,17,21H,5-6,9-11,14-16H2,1H3,(H,26,27)/t17-,21+,25-/m1/s1. The summed E-state index contributed by atoms with van der Waals surface area (Å²) in [6, 6.07) is 14.8. The van der Waals surface area contributed by atoms with Crippen molar-refractivity contribution in [3.05, 3.63) is 59.2 Å². The second-order valence-corrected chi connectivity index (χ2v) is 9.05. The summed E-state index contributed by atoms with van der Waals surface area (Å²) in [5.41, 5.74) is 4.21. The molecule has 1 saturated heterocycles. The molecule has 5 nitrogen and oxygen atoms in total. The molecule has 1 saturated carbocycles. The first kappa shape index (κ1) is 19.3. The Bertz CT molecular complexity index is 942. The summed E-state index contributed by atoms with van der Waals surface area (Å²) in [4.78, 5) is 11.5. The van der Waals surface area contributed by atoms with Crippen LogP contribution in [-0.4, -0.2) is 32.0 Å². The van der Waals surface area contributed by atoms with E-state index in [0.29, 0.717) is 18.4 Å². The smallest absolute Gasteiger partial charge is 0.407 e. The lowest BCUT2D eigenvalue weighted by molar-refractivity contribution is 0.172. The van der Waals surface area contributed by atoms with Gasteiger partial charge in [-0.3, -0.25) is 0 Å². The largest absolute Gasteiger partial charge is 0.497 e. The summed E-state index contributed by atoms with van der Waals surface area (Å²) in [6.45, 7) is 1.25. The predicted octanol–water partition coefficient (Wildman–Crippen LogP) is 4.63. The van der Waals surface area contributed by atoms with Gasteiger partial charge in [0, 0.05) is 6.07 Å². The van der Waals surface area contributed by atoms with Crippen molar-refractivity contribution in [3.63, 3.8) is 0 Å². The predicted molar refractivity (Wildman–Crippen MR) is 114 cm³/mol. The van der Waals surface area contributed by atoms with Crippen LogP contribution in [0.15, 0.2) is 42.5 Å². The molecule has 5 rings (SSSR count). The van der Waals surface area contributed by atoms with Crippen molar-refractivity contribution in [1.82, 2.24) is 5.32 Å². The number of hydrogen-bond donors (Lipinski definition) is 1. The Labute approximate surface area is 177 Å². The Hall–Kier alpha value is -2.69. The third kappa shape index (κ3) is 3.85. The molecule has 158 valence electrons. The summed E-state index contributed by atoms with van der Waals surface area (Å²) >= 11 is 0. The van der Waals surface area contributed by atoms with Crippen molar-refractivity contribution in [2.75, 3.05) is 20.3 Å². The Kier molecular flexibility index (Phi) is 5.05. The Morgan fingerprint density at radius 3 is 2.87 bits per heavy atom. The van der Waals surface area contributed by atoms with Crippen LogP contribution in [0.4, 0.5) is 4.79 Å². The van der Waals surface area contributed by atoms with Gasteiger partial charge >= 0.3 is 6.09 Å². The number of hydrogen-bond acceptors (Lipinski definition) is 4. The van der Waals surface area contributed by atoms with Crippen molar-refractivity contribution in [3.8, 4) is 11.5 Å². The lowest BCUT2D eigenvalue weighted by Gasteiger charge is -2.26. The fourth-order valence-electron chi connectivity index (χ4n) is 5.30. The molecule has 0 aromatic heterocycles. The monoisotopic (exact) mass is 407 g/mol. The van der Waals surface area contributed by atoms with Crippen LogP contribution in [0.3, 0.4) is 0 Å². The molecule has 0 unspecified atom stereocenters. The highest BCUT2D eigenvalue weighted by Gasteiger charge is 2.46. The van der Waals surface area contributed by atoms with E-state index >= 15 is 0 Å². The van der Waals surface area contributed by atoms with Crippen LogP contribution in [-0.2, 0) is 17.6 Å². The average molecular weight is 408 g/mol. The molecule has 2 aromatic rings. The van der Waals surface area contributed by atoms with E-state index in [-0.39, 0.29) is 11.6 Å². The maximum absolute atomic E-state index is 11.5. The normalized spacial score (nSPS) is 27.4. The Morgan fingerprint density at radius 2 is 2.03 bits per heavy atom.